The summed E-state index contributed by atoms with van der Waals surface area (Å²) in [5, 5.41) is 12.7. The zero-order valence-electron chi connectivity index (χ0n) is 18.0. The summed E-state index contributed by atoms with van der Waals surface area (Å²) in [5.74, 6) is -2.15. The fourth-order valence-electron chi connectivity index (χ4n) is 3.46. The number of aromatic nitrogens is 2. The standard InChI is InChI=1S/C20H25FN4O6S/c1-24(2)32(29,30)15-10-14(21)5-4-13(15)11-22-19(27)16-17(26)20(28)25(3)18(23-16)12-6-8-31-9-7-12/h4-5,10,12,26H,6-9,11H2,1-3H3,(H,22,27). The fourth-order valence-corrected chi connectivity index (χ4v) is 4.58. The lowest BCUT2D eigenvalue weighted by Crippen LogP contribution is -2.32. The number of nitrogens with zero attached hydrogens (tertiary/aromatic N) is 3. The molecule has 1 aliphatic heterocycles. The van der Waals surface area contributed by atoms with Gasteiger partial charge in [0.25, 0.3) is 11.5 Å². The van der Waals surface area contributed by atoms with Gasteiger partial charge in [0, 0.05) is 46.8 Å². The molecule has 0 aliphatic carbocycles. The quantitative estimate of drug-likeness (QED) is 0.638. The summed E-state index contributed by atoms with van der Waals surface area (Å²) < 4.78 is 46.2. The predicted molar refractivity (Wildman–Crippen MR) is 112 cm³/mol. The molecule has 1 aromatic heterocycles. The van der Waals surface area contributed by atoms with Gasteiger partial charge in [0.05, 0.1) is 4.90 Å². The molecule has 0 spiro atoms. The van der Waals surface area contributed by atoms with Crippen LogP contribution >= 0.6 is 0 Å². The lowest BCUT2D eigenvalue weighted by Gasteiger charge is -2.23. The van der Waals surface area contributed by atoms with E-state index in [0.717, 1.165) is 16.4 Å². The first kappa shape index (κ1) is 23.8. The van der Waals surface area contributed by atoms with Crippen molar-refractivity contribution in [2.45, 2.75) is 30.2 Å². The number of hydrogen-bond donors (Lipinski definition) is 2. The SMILES string of the molecule is CN(C)S(=O)(=O)c1cc(F)ccc1CNC(=O)c1nc(C2CCOCC2)n(C)c(=O)c1O. The molecule has 10 nitrogen and oxygen atoms in total. The first-order chi connectivity index (χ1) is 15.0. The molecule has 1 aromatic carbocycles. The van der Waals surface area contributed by atoms with Gasteiger partial charge in [-0.1, -0.05) is 6.07 Å². The molecule has 0 unspecified atom stereocenters. The van der Waals surface area contributed by atoms with Gasteiger partial charge in [-0.05, 0) is 30.5 Å². The normalized spacial score (nSPS) is 15.2. The number of carbonyl (C=O) groups is 1. The molecule has 2 aromatic rings. The van der Waals surface area contributed by atoms with Gasteiger partial charge in [-0.25, -0.2) is 22.1 Å². The minimum atomic E-state index is -3.97. The molecule has 2 N–H and O–H groups in total. The van der Waals surface area contributed by atoms with Crippen molar-refractivity contribution >= 4 is 15.9 Å². The third-order valence-electron chi connectivity index (χ3n) is 5.33. The van der Waals surface area contributed by atoms with Crippen LogP contribution in [0.25, 0.3) is 0 Å². The largest absolute Gasteiger partial charge is 0.501 e. The second-order valence-corrected chi connectivity index (χ2v) is 9.76. The summed E-state index contributed by atoms with van der Waals surface area (Å²) in [6, 6.07) is 3.19. The van der Waals surface area contributed by atoms with Crippen molar-refractivity contribution in [2.24, 2.45) is 7.05 Å². The van der Waals surface area contributed by atoms with Gasteiger partial charge in [-0.2, -0.15) is 0 Å². The van der Waals surface area contributed by atoms with E-state index in [-0.39, 0.29) is 22.9 Å². The molecule has 174 valence electrons. The Morgan fingerprint density at radius 3 is 2.62 bits per heavy atom. The number of sulfonamides is 1. The smallest absolute Gasteiger partial charge is 0.296 e. The van der Waals surface area contributed by atoms with Crippen molar-refractivity contribution < 1.29 is 27.4 Å². The minimum absolute atomic E-state index is 0.109. The Kier molecular flexibility index (Phi) is 6.96. The summed E-state index contributed by atoms with van der Waals surface area (Å²) >= 11 is 0. The molecule has 0 saturated carbocycles. The van der Waals surface area contributed by atoms with Crippen molar-refractivity contribution in [3.63, 3.8) is 0 Å². The van der Waals surface area contributed by atoms with Crippen LogP contribution in [0.5, 0.6) is 5.75 Å². The highest BCUT2D eigenvalue weighted by Crippen LogP contribution is 2.26. The molecule has 0 radical (unpaired) electrons. The lowest BCUT2D eigenvalue weighted by molar-refractivity contribution is 0.0824. The van der Waals surface area contributed by atoms with Gasteiger partial charge >= 0.3 is 0 Å². The number of benzene rings is 1. The highest BCUT2D eigenvalue weighted by Gasteiger charge is 2.27. The van der Waals surface area contributed by atoms with Crippen LogP contribution in [-0.4, -0.2) is 60.6 Å². The third-order valence-corrected chi connectivity index (χ3v) is 7.23. The van der Waals surface area contributed by atoms with E-state index in [9.17, 15) is 27.5 Å². The Morgan fingerprint density at radius 2 is 2.00 bits per heavy atom. The highest BCUT2D eigenvalue weighted by atomic mass is 32.2. The average Bonchev–Trinajstić information content (AvgIpc) is 2.77. The van der Waals surface area contributed by atoms with Gasteiger partial charge in [-0.3, -0.25) is 14.2 Å². The van der Waals surface area contributed by atoms with E-state index in [1.54, 1.807) is 0 Å². The number of ether oxygens (including phenoxy) is 1. The molecule has 1 amide bonds. The molecule has 1 saturated heterocycles. The monoisotopic (exact) mass is 468 g/mol. The van der Waals surface area contributed by atoms with Gasteiger partial charge < -0.3 is 15.2 Å². The number of carbonyl (C=O) groups excluding carboxylic acids is 1. The number of nitrogens with one attached hydrogen (secondary N) is 1. The third kappa shape index (κ3) is 4.66. The molecule has 32 heavy (non-hydrogen) atoms. The van der Waals surface area contributed by atoms with E-state index in [0.29, 0.717) is 31.9 Å². The van der Waals surface area contributed by atoms with Crippen molar-refractivity contribution in [3.05, 3.63) is 51.5 Å². The van der Waals surface area contributed by atoms with Crippen LogP contribution in [0.2, 0.25) is 0 Å². The maximum Gasteiger partial charge on any atom is 0.296 e. The summed E-state index contributed by atoms with van der Waals surface area (Å²) in [6.07, 6.45) is 1.24. The van der Waals surface area contributed by atoms with Crippen LogP contribution in [-0.2, 0) is 28.4 Å². The zero-order valence-corrected chi connectivity index (χ0v) is 18.8. The van der Waals surface area contributed by atoms with Crippen LogP contribution in [0, 0.1) is 5.82 Å². The van der Waals surface area contributed by atoms with E-state index in [1.165, 1.54) is 31.8 Å². The van der Waals surface area contributed by atoms with E-state index in [4.69, 9.17) is 4.74 Å². The van der Waals surface area contributed by atoms with Gasteiger partial charge in [-0.15, -0.1) is 0 Å². The number of rotatable bonds is 6. The Labute approximate surface area is 184 Å². The second-order valence-electron chi connectivity index (χ2n) is 7.64. The first-order valence-electron chi connectivity index (χ1n) is 9.90. The Bertz CT molecular complexity index is 1190. The molecule has 12 heteroatoms. The Balaban J connectivity index is 1.91. The maximum absolute atomic E-state index is 13.7. The Hall–Kier alpha value is -2.83. The molecule has 3 rings (SSSR count). The summed E-state index contributed by atoms with van der Waals surface area (Å²) in [6.45, 7) is 0.706. The molecule has 1 fully saturated rings. The summed E-state index contributed by atoms with van der Waals surface area (Å²) in [5.41, 5.74) is -1.07. The average molecular weight is 469 g/mol. The molecule has 2 heterocycles. The first-order valence-corrected chi connectivity index (χ1v) is 11.3. The number of amides is 1. The van der Waals surface area contributed by atoms with Crippen molar-refractivity contribution in [2.75, 3.05) is 27.3 Å². The molecular weight excluding hydrogens is 443 g/mol. The topological polar surface area (TPSA) is 131 Å². The molecule has 0 bridgehead atoms. The Morgan fingerprint density at radius 1 is 1.34 bits per heavy atom. The summed E-state index contributed by atoms with van der Waals surface area (Å²) in [7, 11) is 0.114. The number of hydrogen-bond acceptors (Lipinski definition) is 7. The van der Waals surface area contributed by atoms with E-state index >= 15 is 0 Å². The van der Waals surface area contributed by atoms with Gasteiger partial charge in [0.2, 0.25) is 15.8 Å². The van der Waals surface area contributed by atoms with E-state index in [2.05, 4.69) is 10.3 Å². The van der Waals surface area contributed by atoms with Crippen LogP contribution < -0.4 is 10.9 Å². The molecular formula is C20H25FN4O6S. The fraction of sp³-hybridized carbons (Fsp3) is 0.450. The number of halogens is 1. The van der Waals surface area contributed by atoms with Crippen molar-refractivity contribution in [1.82, 2.24) is 19.2 Å². The number of aromatic hydroxyl groups is 1. The summed E-state index contributed by atoms with van der Waals surface area (Å²) in [4.78, 5) is 29.2. The van der Waals surface area contributed by atoms with Crippen molar-refractivity contribution in [3.8, 4) is 5.75 Å². The second kappa shape index (κ2) is 9.35. The van der Waals surface area contributed by atoms with Crippen LogP contribution in [0.1, 0.15) is 40.6 Å². The van der Waals surface area contributed by atoms with Crippen LogP contribution in [0.4, 0.5) is 4.39 Å². The minimum Gasteiger partial charge on any atom is -0.501 e. The molecule has 0 atom stereocenters. The maximum atomic E-state index is 13.7. The van der Waals surface area contributed by atoms with Gasteiger partial charge in [0.15, 0.2) is 5.69 Å². The van der Waals surface area contributed by atoms with Crippen LogP contribution in [0.15, 0.2) is 27.9 Å². The lowest BCUT2D eigenvalue weighted by atomic mass is 9.99. The zero-order chi connectivity index (χ0) is 23.6. The highest BCUT2D eigenvalue weighted by molar-refractivity contribution is 7.89. The molecule has 1 aliphatic rings. The predicted octanol–water partition coefficient (Wildman–Crippen LogP) is 0.699. The van der Waals surface area contributed by atoms with Crippen LogP contribution in [0.3, 0.4) is 0 Å². The van der Waals surface area contributed by atoms with E-state index < -0.39 is 38.8 Å². The van der Waals surface area contributed by atoms with E-state index in [1.807, 2.05) is 0 Å². The van der Waals surface area contributed by atoms with Gasteiger partial charge in [0.1, 0.15) is 11.6 Å². The van der Waals surface area contributed by atoms with Crippen molar-refractivity contribution in [1.29, 1.82) is 0 Å².